The van der Waals surface area contributed by atoms with Gasteiger partial charge in [0.15, 0.2) is 0 Å². The van der Waals surface area contributed by atoms with Crippen molar-refractivity contribution < 1.29 is 0 Å². The zero-order chi connectivity index (χ0) is 13.7. The van der Waals surface area contributed by atoms with Crippen LogP contribution in [0.2, 0.25) is 0 Å². The van der Waals surface area contributed by atoms with E-state index in [-0.39, 0.29) is 0 Å². The van der Waals surface area contributed by atoms with Crippen molar-refractivity contribution in [1.82, 2.24) is 10.2 Å². The fourth-order valence-corrected chi connectivity index (χ4v) is 3.24. The van der Waals surface area contributed by atoms with E-state index in [1.807, 2.05) is 0 Å². The van der Waals surface area contributed by atoms with Crippen LogP contribution in [0.1, 0.15) is 42.7 Å². The normalized spacial score (nSPS) is 20.3. The number of nitrogens with one attached hydrogen (secondary N) is 1. The van der Waals surface area contributed by atoms with Gasteiger partial charge >= 0.3 is 0 Å². The number of aryl methyl sites for hydroxylation is 1. The highest BCUT2D eigenvalue weighted by Gasteiger charge is 2.22. The van der Waals surface area contributed by atoms with Crippen LogP contribution < -0.4 is 5.32 Å². The monoisotopic (exact) mass is 260 g/mol. The smallest absolute Gasteiger partial charge is 0.00820 e. The molecule has 0 saturated heterocycles. The van der Waals surface area contributed by atoms with Crippen molar-refractivity contribution in [2.24, 2.45) is 0 Å². The fraction of sp³-hybridized carbons (Fsp3) is 0.647. The predicted octanol–water partition coefficient (Wildman–Crippen LogP) is 3.04. The van der Waals surface area contributed by atoms with Gasteiger partial charge in [-0.25, -0.2) is 0 Å². The molecule has 1 aliphatic rings. The predicted molar refractivity (Wildman–Crippen MR) is 82.8 cm³/mol. The van der Waals surface area contributed by atoms with Crippen LogP contribution in [0.4, 0.5) is 0 Å². The zero-order valence-electron chi connectivity index (χ0n) is 12.7. The van der Waals surface area contributed by atoms with Crippen LogP contribution in [-0.4, -0.2) is 38.6 Å². The molecule has 0 saturated carbocycles. The quantitative estimate of drug-likeness (QED) is 0.846. The first-order valence-corrected chi connectivity index (χ1v) is 7.60. The summed E-state index contributed by atoms with van der Waals surface area (Å²) in [5.74, 6) is 0.754. The number of hydrogen-bond acceptors (Lipinski definition) is 2. The Morgan fingerprint density at radius 2 is 2.11 bits per heavy atom. The summed E-state index contributed by atoms with van der Waals surface area (Å²) in [6.07, 6.45) is 6.50. The highest BCUT2D eigenvalue weighted by Crippen LogP contribution is 2.34. The third-order valence-electron chi connectivity index (χ3n) is 4.40. The lowest BCUT2D eigenvalue weighted by atomic mass is 9.79. The maximum Gasteiger partial charge on any atom is 0.00820 e. The topological polar surface area (TPSA) is 15.3 Å². The minimum atomic E-state index is 0.638. The molecule has 0 radical (unpaired) electrons. The first-order valence-electron chi connectivity index (χ1n) is 7.60. The van der Waals surface area contributed by atoms with Crippen LogP contribution in [0.25, 0.3) is 0 Å². The van der Waals surface area contributed by atoms with Crippen molar-refractivity contribution in [3.8, 4) is 0 Å². The van der Waals surface area contributed by atoms with Gasteiger partial charge in [-0.15, -0.1) is 0 Å². The molecule has 1 aromatic carbocycles. The Bertz CT molecular complexity index is 387. The third kappa shape index (κ3) is 4.05. The molecular weight excluding hydrogens is 232 g/mol. The average molecular weight is 260 g/mol. The number of fused-ring (bicyclic) bond motifs is 1. The van der Waals surface area contributed by atoms with Gasteiger partial charge in [0.1, 0.15) is 0 Å². The summed E-state index contributed by atoms with van der Waals surface area (Å²) in [5, 5.41) is 3.51. The molecule has 0 fully saturated rings. The molecule has 0 amide bonds. The Kier molecular flexibility index (Phi) is 5.41. The molecule has 1 N–H and O–H groups in total. The number of rotatable bonds is 6. The molecule has 0 aromatic heterocycles. The summed E-state index contributed by atoms with van der Waals surface area (Å²) >= 11 is 0. The highest BCUT2D eigenvalue weighted by molar-refractivity contribution is 5.32. The fourth-order valence-electron chi connectivity index (χ4n) is 3.24. The van der Waals surface area contributed by atoms with E-state index in [0.29, 0.717) is 6.04 Å². The molecule has 2 nitrogen and oxygen atoms in total. The van der Waals surface area contributed by atoms with Gasteiger partial charge in [-0.3, -0.25) is 0 Å². The third-order valence-corrected chi connectivity index (χ3v) is 4.40. The highest BCUT2D eigenvalue weighted by atomic mass is 15.1. The van der Waals surface area contributed by atoms with E-state index >= 15 is 0 Å². The summed E-state index contributed by atoms with van der Waals surface area (Å²) in [4.78, 5) is 2.28. The van der Waals surface area contributed by atoms with Gasteiger partial charge in [0.05, 0.1) is 0 Å². The molecule has 1 aliphatic carbocycles. The van der Waals surface area contributed by atoms with Crippen molar-refractivity contribution in [3.63, 3.8) is 0 Å². The maximum atomic E-state index is 3.51. The lowest BCUT2D eigenvalue weighted by Gasteiger charge is -2.29. The lowest BCUT2D eigenvalue weighted by molar-refractivity contribution is 0.340. The van der Waals surface area contributed by atoms with E-state index in [0.717, 1.165) is 5.92 Å². The van der Waals surface area contributed by atoms with Crippen LogP contribution in [0.5, 0.6) is 0 Å². The lowest BCUT2D eigenvalue weighted by Crippen LogP contribution is -2.31. The number of hydrogen-bond donors (Lipinski definition) is 1. The maximum absolute atomic E-state index is 3.51. The molecule has 2 heteroatoms. The Balaban J connectivity index is 1.98. The van der Waals surface area contributed by atoms with Crippen molar-refractivity contribution in [3.05, 3.63) is 35.4 Å². The van der Waals surface area contributed by atoms with Crippen molar-refractivity contribution in [2.75, 3.05) is 27.7 Å². The second kappa shape index (κ2) is 7.06. The van der Waals surface area contributed by atoms with Crippen LogP contribution in [-0.2, 0) is 6.42 Å². The molecule has 1 aromatic rings. The number of benzene rings is 1. The second-order valence-electron chi connectivity index (χ2n) is 6.10. The van der Waals surface area contributed by atoms with Gasteiger partial charge in [-0.05, 0) is 76.8 Å². The van der Waals surface area contributed by atoms with E-state index in [2.05, 4.69) is 55.6 Å². The van der Waals surface area contributed by atoms with E-state index in [4.69, 9.17) is 0 Å². The van der Waals surface area contributed by atoms with Crippen LogP contribution in [0.15, 0.2) is 24.3 Å². The molecule has 2 unspecified atom stereocenters. The molecule has 106 valence electrons. The summed E-state index contributed by atoms with van der Waals surface area (Å²) in [5.41, 5.74) is 3.19. The molecule has 2 rings (SSSR count). The molecule has 0 bridgehead atoms. The SMILES string of the molecule is CNC(CCN(C)C)CC1CCCc2ccccc21. The van der Waals surface area contributed by atoms with Crippen molar-refractivity contribution in [1.29, 1.82) is 0 Å². The molecule has 19 heavy (non-hydrogen) atoms. The Morgan fingerprint density at radius 1 is 1.32 bits per heavy atom. The Labute approximate surface area is 118 Å². The first-order chi connectivity index (χ1) is 9.20. The zero-order valence-corrected chi connectivity index (χ0v) is 12.7. The second-order valence-corrected chi connectivity index (χ2v) is 6.10. The summed E-state index contributed by atoms with van der Waals surface area (Å²) in [7, 11) is 6.42. The van der Waals surface area contributed by atoms with E-state index in [1.54, 1.807) is 11.1 Å². The van der Waals surface area contributed by atoms with Crippen molar-refractivity contribution in [2.45, 2.75) is 44.1 Å². The van der Waals surface area contributed by atoms with E-state index in [1.165, 1.54) is 38.6 Å². The summed E-state index contributed by atoms with van der Waals surface area (Å²) in [6, 6.07) is 9.68. The standard InChI is InChI=1S/C17H28N2/c1-18-16(11-12-19(2)3)13-15-9-6-8-14-7-4-5-10-17(14)15/h4-5,7,10,15-16,18H,6,8-9,11-13H2,1-3H3. The average Bonchev–Trinajstić information content (AvgIpc) is 2.43. The summed E-state index contributed by atoms with van der Waals surface area (Å²) in [6.45, 7) is 1.17. The minimum Gasteiger partial charge on any atom is -0.317 e. The van der Waals surface area contributed by atoms with Crippen LogP contribution in [0, 0.1) is 0 Å². The van der Waals surface area contributed by atoms with E-state index in [9.17, 15) is 0 Å². The number of nitrogens with zero attached hydrogens (tertiary/aromatic N) is 1. The van der Waals surface area contributed by atoms with Gasteiger partial charge in [-0.2, -0.15) is 0 Å². The van der Waals surface area contributed by atoms with Crippen LogP contribution >= 0.6 is 0 Å². The van der Waals surface area contributed by atoms with Crippen LogP contribution in [0.3, 0.4) is 0 Å². The van der Waals surface area contributed by atoms with Gasteiger partial charge in [0, 0.05) is 6.04 Å². The van der Waals surface area contributed by atoms with Crippen molar-refractivity contribution >= 4 is 0 Å². The molecule has 0 heterocycles. The minimum absolute atomic E-state index is 0.638. The van der Waals surface area contributed by atoms with Gasteiger partial charge in [0.2, 0.25) is 0 Å². The van der Waals surface area contributed by atoms with Gasteiger partial charge in [-0.1, -0.05) is 24.3 Å². The Hall–Kier alpha value is -0.860. The largest absolute Gasteiger partial charge is 0.317 e. The van der Waals surface area contributed by atoms with Gasteiger partial charge in [0.25, 0.3) is 0 Å². The molecule has 2 atom stereocenters. The van der Waals surface area contributed by atoms with Gasteiger partial charge < -0.3 is 10.2 Å². The molecule has 0 spiro atoms. The van der Waals surface area contributed by atoms with E-state index < -0.39 is 0 Å². The Morgan fingerprint density at radius 3 is 2.84 bits per heavy atom. The molecule has 0 aliphatic heterocycles. The summed E-state index contributed by atoms with van der Waals surface area (Å²) < 4.78 is 0. The first kappa shape index (κ1) is 14.5. The molecular formula is C17H28N2.